The topological polar surface area (TPSA) is 67.7 Å². The van der Waals surface area contributed by atoms with Crippen molar-refractivity contribution in [3.8, 4) is 0 Å². The summed E-state index contributed by atoms with van der Waals surface area (Å²) in [5.41, 5.74) is 2.12. The van der Waals surface area contributed by atoms with E-state index >= 15 is 0 Å². The van der Waals surface area contributed by atoms with Gasteiger partial charge in [-0.25, -0.2) is 4.98 Å². The van der Waals surface area contributed by atoms with E-state index in [1.54, 1.807) is 0 Å². The van der Waals surface area contributed by atoms with Crippen molar-refractivity contribution in [2.24, 2.45) is 0 Å². The highest BCUT2D eigenvalue weighted by atomic mass is 15.3. The molecule has 0 aliphatic rings. The maximum Gasteiger partial charge on any atom is 0.224 e. The van der Waals surface area contributed by atoms with Gasteiger partial charge in [-0.1, -0.05) is 0 Å². The van der Waals surface area contributed by atoms with Gasteiger partial charge in [-0.05, 0) is 26.3 Å². The minimum absolute atomic E-state index is 0.667. The first-order valence-corrected chi connectivity index (χ1v) is 6.50. The third-order valence-corrected chi connectivity index (χ3v) is 2.60. The van der Waals surface area contributed by atoms with Crippen LogP contribution < -0.4 is 10.6 Å². The molecule has 0 atom stereocenters. The van der Waals surface area contributed by atoms with Gasteiger partial charge in [0.25, 0.3) is 0 Å². The molecular formula is C13H20N6. The second kappa shape index (κ2) is 6.17. The fourth-order valence-corrected chi connectivity index (χ4v) is 1.78. The van der Waals surface area contributed by atoms with Gasteiger partial charge in [0.05, 0.1) is 12.7 Å². The highest BCUT2D eigenvalue weighted by molar-refractivity contribution is 5.41. The Morgan fingerprint density at radius 1 is 1.21 bits per heavy atom. The molecule has 19 heavy (non-hydrogen) atoms. The molecule has 0 saturated heterocycles. The maximum absolute atomic E-state index is 4.40. The predicted molar refractivity (Wildman–Crippen MR) is 76.4 cm³/mol. The molecule has 102 valence electrons. The Labute approximate surface area is 113 Å². The highest BCUT2D eigenvalue weighted by Gasteiger charge is 2.01. The van der Waals surface area contributed by atoms with Crippen LogP contribution >= 0.6 is 0 Å². The molecule has 0 aliphatic heterocycles. The molecule has 0 amide bonds. The Morgan fingerprint density at radius 2 is 2.05 bits per heavy atom. The van der Waals surface area contributed by atoms with E-state index in [-0.39, 0.29) is 0 Å². The molecule has 6 heteroatoms. The van der Waals surface area contributed by atoms with Crippen molar-refractivity contribution in [2.45, 2.75) is 27.3 Å². The van der Waals surface area contributed by atoms with Crippen LogP contribution in [0.2, 0.25) is 0 Å². The molecule has 2 aromatic heterocycles. The molecule has 2 rings (SSSR count). The summed E-state index contributed by atoms with van der Waals surface area (Å²) >= 11 is 0. The molecule has 6 nitrogen and oxygen atoms in total. The van der Waals surface area contributed by atoms with Crippen LogP contribution in [0.1, 0.15) is 18.2 Å². The Bertz CT molecular complexity index is 534. The molecule has 0 spiro atoms. The van der Waals surface area contributed by atoms with E-state index in [0.29, 0.717) is 5.95 Å². The maximum atomic E-state index is 4.40. The average molecular weight is 260 g/mol. The number of rotatable bonds is 6. The van der Waals surface area contributed by atoms with Crippen LogP contribution in [-0.4, -0.2) is 32.8 Å². The van der Waals surface area contributed by atoms with Crippen LogP contribution in [-0.2, 0) is 6.54 Å². The van der Waals surface area contributed by atoms with Gasteiger partial charge in [0, 0.05) is 31.0 Å². The zero-order chi connectivity index (χ0) is 13.7. The smallest absolute Gasteiger partial charge is 0.224 e. The first-order chi connectivity index (χ1) is 9.17. The van der Waals surface area contributed by atoms with Crippen LogP contribution in [0.3, 0.4) is 0 Å². The number of nitrogens with zero attached hydrogens (tertiary/aromatic N) is 4. The minimum atomic E-state index is 0.667. The zero-order valence-electron chi connectivity index (χ0n) is 11.6. The van der Waals surface area contributed by atoms with E-state index in [9.17, 15) is 0 Å². The average Bonchev–Trinajstić information content (AvgIpc) is 2.75. The van der Waals surface area contributed by atoms with Crippen LogP contribution in [0, 0.1) is 13.8 Å². The largest absolute Gasteiger partial charge is 0.368 e. The fraction of sp³-hybridized carbons (Fsp3) is 0.462. The lowest BCUT2D eigenvalue weighted by Gasteiger charge is -2.09. The lowest BCUT2D eigenvalue weighted by molar-refractivity contribution is 0.636. The number of hydrogen-bond acceptors (Lipinski definition) is 5. The summed E-state index contributed by atoms with van der Waals surface area (Å²) in [6, 6.07) is 1.94. The normalized spacial score (nSPS) is 10.5. The van der Waals surface area contributed by atoms with Crippen molar-refractivity contribution in [3.63, 3.8) is 0 Å². The third-order valence-electron chi connectivity index (χ3n) is 2.60. The molecule has 2 N–H and O–H groups in total. The predicted octanol–water partition coefficient (Wildman–Crippen LogP) is 1.83. The van der Waals surface area contributed by atoms with Gasteiger partial charge >= 0.3 is 0 Å². The molecule has 0 aliphatic carbocycles. The number of nitrogens with one attached hydrogen (secondary N) is 2. The van der Waals surface area contributed by atoms with E-state index in [2.05, 4.69) is 25.7 Å². The van der Waals surface area contributed by atoms with Crippen LogP contribution in [0.25, 0.3) is 0 Å². The van der Waals surface area contributed by atoms with E-state index in [1.807, 2.05) is 43.9 Å². The number of hydrogen-bond donors (Lipinski definition) is 2. The summed E-state index contributed by atoms with van der Waals surface area (Å²) in [4.78, 5) is 8.71. The summed E-state index contributed by atoms with van der Waals surface area (Å²) in [6.07, 6.45) is 3.88. The summed E-state index contributed by atoms with van der Waals surface area (Å²) < 4.78 is 1.92. The lowest BCUT2D eigenvalue weighted by atomic mass is 10.4. The molecule has 0 fully saturated rings. The lowest BCUT2D eigenvalue weighted by Crippen LogP contribution is -2.13. The van der Waals surface area contributed by atoms with E-state index in [4.69, 9.17) is 0 Å². The van der Waals surface area contributed by atoms with Crippen molar-refractivity contribution in [1.29, 1.82) is 0 Å². The first-order valence-electron chi connectivity index (χ1n) is 6.50. The number of aryl methyl sites for hydroxylation is 2. The molecule has 2 aromatic rings. The van der Waals surface area contributed by atoms with Gasteiger partial charge in [-0.15, -0.1) is 0 Å². The third kappa shape index (κ3) is 3.94. The SMILES string of the molecule is CCNc1nc(C)cc(NCCn2cc(C)cn2)n1. The van der Waals surface area contributed by atoms with Gasteiger partial charge in [-0.3, -0.25) is 4.68 Å². The van der Waals surface area contributed by atoms with Gasteiger partial charge in [0.2, 0.25) is 5.95 Å². The quantitative estimate of drug-likeness (QED) is 0.829. The van der Waals surface area contributed by atoms with Crippen LogP contribution in [0.15, 0.2) is 18.5 Å². The Morgan fingerprint density at radius 3 is 2.74 bits per heavy atom. The van der Waals surface area contributed by atoms with Crippen LogP contribution in [0.4, 0.5) is 11.8 Å². The standard InChI is InChI=1S/C13H20N6/c1-4-14-13-17-11(3)7-12(18-13)15-5-6-19-9-10(2)8-16-19/h7-9H,4-6H2,1-3H3,(H2,14,15,17,18). The highest BCUT2D eigenvalue weighted by Crippen LogP contribution is 2.09. The Kier molecular flexibility index (Phi) is 4.33. The molecule has 0 radical (unpaired) electrons. The van der Waals surface area contributed by atoms with Crippen molar-refractivity contribution >= 4 is 11.8 Å². The second-order valence-electron chi connectivity index (χ2n) is 4.46. The molecule has 0 bridgehead atoms. The summed E-state index contributed by atoms with van der Waals surface area (Å²) in [6.45, 7) is 8.43. The Hall–Kier alpha value is -2.11. The van der Waals surface area contributed by atoms with Gasteiger partial charge in [-0.2, -0.15) is 10.1 Å². The van der Waals surface area contributed by atoms with Gasteiger partial charge in [0.1, 0.15) is 5.82 Å². The second-order valence-corrected chi connectivity index (χ2v) is 4.46. The van der Waals surface area contributed by atoms with Gasteiger partial charge in [0.15, 0.2) is 0 Å². The van der Waals surface area contributed by atoms with E-state index < -0.39 is 0 Å². The summed E-state index contributed by atoms with van der Waals surface area (Å²) in [5, 5.41) is 10.7. The zero-order valence-corrected chi connectivity index (χ0v) is 11.6. The summed E-state index contributed by atoms with van der Waals surface area (Å²) in [7, 11) is 0. The van der Waals surface area contributed by atoms with Crippen LogP contribution in [0.5, 0.6) is 0 Å². The molecule has 0 unspecified atom stereocenters. The molecule has 2 heterocycles. The Balaban J connectivity index is 1.91. The summed E-state index contributed by atoms with van der Waals surface area (Å²) in [5.74, 6) is 1.51. The number of anilines is 2. The molecule has 0 saturated carbocycles. The minimum Gasteiger partial charge on any atom is -0.368 e. The van der Waals surface area contributed by atoms with Crippen molar-refractivity contribution in [3.05, 3.63) is 29.7 Å². The van der Waals surface area contributed by atoms with E-state index in [1.165, 1.54) is 5.56 Å². The molecular weight excluding hydrogens is 240 g/mol. The van der Waals surface area contributed by atoms with Gasteiger partial charge < -0.3 is 10.6 Å². The monoisotopic (exact) mass is 260 g/mol. The first kappa shape index (κ1) is 13.3. The fourth-order valence-electron chi connectivity index (χ4n) is 1.78. The van der Waals surface area contributed by atoms with E-state index in [0.717, 1.165) is 31.1 Å². The molecule has 0 aromatic carbocycles. The van der Waals surface area contributed by atoms with Crippen molar-refractivity contribution in [2.75, 3.05) is 23.7 Å². The van der Waals surface area contributed by atoms with Crippen molar-refractivity contribution < 1.29 is 0 Å². The van der Waals surface area contributed by atoms with Crippen molar-refractivity contribution in [1.82, 2.24) is 19.7 Å². The number of aromatic nitrogens is 4.